The average Bonchev–Trinajstić information content (AvgIpc) is 3.70. The number of rotatable bonds is 2. The molecule has 6 heterocycles. The summed E-state index contributed by atoms with van der Waals surface area (Å²) in [5.74, 6) is 0.898. The lowest BCUT2D eigenvalue weighted by Gasteiger charge is -2.12. The molecule has 0 radical (unpaired) electrons. The fraction of sp³-hybridized carbons (Fsp3) is 0.188. The molecule has 0 nitrogen and oxygen atoms in total. The van der Waals surface area contributed by atoms with Gasteiger partial charge in [-0.3, -0.25) is 0 Å². The minimum Gasteiger partial charge on any atom is -0.140 e. The number of hydrogen-bond donors (Lipinski definition) is 0. The van der Waals surface area contributed by atoms with Gasteiger partial charge in [0, 0.05) is 69.7 Å². The Kier molecular flexibility index (Phi) is 4.65. The predicted octanol–water partition coefficient (Wildman–Crippen LogP) is 12.6. The van der Waals surface area contributed by atoms with Gasteiger partial charge in [0.1, 0.15) is 0 Å². The molecule has 1 aromatic carbocycles. The summed E-state index contributed by atoms with van der Waals surface area (Å²) in [4.78, 5) is 11.5. The third-order valence-electron chi connectivity index (χ3n) is 8.24. The van der Waals surface area contributed by atoms with Crippen LogP contribution in [0.15, 0.2) is 48.5 Å². The zero-order valence-electron chi connectivity index (χ0n) is 21.2. The van der Waals surface area contributed by atoms with Crippen molar-refractivity contribution in [3.8, 4) is 40.4 Å². The van der Waals surface area contributed by atoms with Gasteiger partial charge < -0.3 is 0 Å². The summed E-state index contributed by atoms with van der Waals surface area (Å²) in [7, 11) is 0. The van der Waals surface area contributed by atoms with Crippen molar-refractivity contribution in [1.82, 2.24) is 0 Å². The maximum Gasteiger partial charge on any atom is 0.0463 e. The second-order valence-corrected chi connectivity index (χ2v) is 17.5. The van der Waals surface area contributed by atoms with Crippen LogP contribution < -0.4 is 0 Å². The van der Waals surface area contributed by atoms with Crippen LogP contribution in [-0.4, -0.2) is 0 Å². The summed E-state index contributed by atoms with van der Waals surface area (Å²) in [6.07, 6.45) is 0. The first-order chi connectivity index (χ1) is 18.4. The molecule has 6 heteroatoms. The fourth-order valence-electron chi connectivity index (χ4n) is 6.35. The van der Waals surface area contributed by atoms with E-state index in [0.717, 1.165) is 0 Å². The van der Waals surface area contributed by atoms with Gasteiger partial charge in [-0.2, -0.15) is 0 Å². The van der Waals surface area contributed by atoms with E-state index in [9.17, 15) is 0 Å². The lowest BCUT2D eigenvalue weighted by molar-refractivity contribution is 0.946. The highest BCUT2D eigenvalue weighted by atomic mass is 32.1. The molecule has 186 valence electrons. The lowest BCUT2D eigenvalue weighted by atomic mass is 9.93. The van der Waals surface area contributed by atoms with Gasteiger partial charge in [-0.05, 0) is 95.8 Å². The third-order valence-corrected chi connectivity index (χ3v) is 15.4. The zero-order valence-corrected chi connectivity index (χ0v) is 26.1. The van der Waals surface area contributed by atoms with Crippen molar-refractivity contribution in [2.75, 3.05) is 0 Å². The van der Waals surface area contributed by atoms with E-state index >= 15 is 0 Å². The van der Waals surface area contributed by atoms with Crippen LogP contribution in [0, 0.1) is 13.8 Å². The van der Waals surface area contributed by atoms with Crippen LogP contribution in [-0.2, 0) is 0 Å². The number of benzene rings is 1. The quantitative estimate of drug-likeness (QED) is 0.186. The van der Waals surface area contributed by atoms with E-state index in [2.05, 4.69) is 76.2 Å². The van der Waals surface area contributed by atoms with Gasteiger partial charge in [-0.25, -0.2) is 0 Å². The first-order valence-corrected chi connectivity index (χ1v) is 17.8. The minimum absolute atomic E-state index is 0.449. The van der Waals surface area contributed by atoms with E-state index in [4.69, 9.17) is 0 Å². The first kappa shape index (κ1) is 22.7. The second kappa shape index (κ2) is 7.78. The van der Waals surface area contributed by atoms with Gasteiger partial charge >= 0.3 is 0 Å². The van der Waals surface area contributed by atoms with Crippen LogP contribution in [0.4, 0.5) is 0 Å². The number of fused-ring (bicyclic) bond motifs is 8. The highest BCUT2D eigenvalue weighted by molar-refractivity contribution is 7.32. The van der Waals surface area contributed by atoms with Crippen molar-refractivity contribution >= 4 is 86.8 Å². The van der Waals surface area contributed by atoms with Crippen molar-refractivity contribution in [3.05, 3.63) is 80.5 Å². The van der Waals surface area contributed by atoms with E-state index in [1.165, 1.54) is 91.2 Å². The van der Waals surface area contributed by atoms with Gasteiger partial charge in [0.25, 0.3) is 0 Å². The molecule has 0 N–H and O–H groups in total. The first-order valence-electron chi connectivity index (χ1n) is 12.9. The van der Waals surface area contributed by atoms with Gasteiger partial charge in [-0.15, -0.1) is 68.0 Å². The molecule has 2 aliphatic rings. The molecule has 0 aliphatic heterocycles. The highest BCUT2D eigenvalue weighted by Crippen LogP contribution is 2.58. The maximum absolute atomic E-state index is 2.55. The molecule has 0 bridgehead atoms. The molecule has 38 heavy (non-hydrogen) atoms. The smallest absolute Gasteiger partial charge is 0.0463 e. The minimum atomic E-state index is 0.449. The summed E-state index contributed by atoms with van der Waals surface area (Å²) in [6, 6.07) is 19.6. The standard InChI is InChI=1S/C32H22S6/c1-13-5-23-27(33-13)11-29(35-23)25-9-19-15(3)17-8-22-18(7-21(17)31(19)37-25)16(4)20-10-26(38-32(20)22)30-12-28-24(36-30)6-14(2)34-28/h5-12,15-16H,1-4H3. The normalized spacial score (nSPS) is 17.5. The molecular formula is C32H22S6. The monoisotopic (exact) mass is 598 g/mol. The van der Waals surface area contributed by atoms with E-state index < -0.39 is 0 Å². The van der Waals surface area contributed by atoms with Crippen LogP contribution in [0.3, 0.4) is 0 Å². The Labute approximate surface area is 245 Å². The van der Waals surface area contributed by atoms with Crippen molar-refractivity contribution in [2.45, 2.75) is 39.5 Å². The topological polar surface area (TPSA) is 0 Å². The van der Waals surface area contributed by atoms with Crippen LogP contribution in [0.1, 0.15) is 57.7 Å². The van der Waals surface area contributed by atoms with Crippen LogP contribution in [0.2, 0.25) is 0 Å². The van der Waals surface area contributed by atoms with Crippen molar-refractivity contribution in [3.63, 3.8) is 0 Å². The Bertz CT molecular complexity index is 1880. The molecular weight excluding hydrogens is 577 g/mol. The Morgan fingerprint density at radius 2 is 0.816 bits per heavy atom. The van der Waals surface area contributed by atoms with E-state index in [0.29, 0.717) is 11.8 Å². The summed E-state index contributed by atoms with van der Waals surface area (Å²) < 4.78 is 5.72. The predicted molar refractivity (Wildman–Crippen MR) is 175 cm³/mol. The Morgan fingerprint density at radius 1 is 0.421 bits per heavy atom. The van der Waals surface area contributed by atoms with Gasteiger partial charge in [0.2, 0.25) is 0 Å². The molecule has 2 unspecified atom stereocenters. The molecule has 0 saturated carbocycles. The molecule has 0 amide bonds. The van der Waals surface area contributed by atoms with Crippen molar-refractivity contribution in [1.29, 1.82) is 0 Å². The Hall–Kier alpha value is -2.06. The molecule has 2 atom stereocenters. The maximum atomic E-state index is 2.55. The molecule has 9 rings (SSSR count). The summed E-state index contributed by atoms with van der Waals surface area (Å²) in [6.45, 7) is 9.23. The van der Waals surface area contributed by atoms with E-state index in [1.54, 1.807) is 0 Å². The number of thiophene rings is 6. The second-order valence-electron chi connectivity index (χ2n) is 10.7. The number of aryl methyl sites for hydroxylation is 2. The molecule has 2 aliphatic carbocycles. The van der Waals surface area contributed by atoms with E-state index in [1.807, 2.05) is 68.0 Å². The van der Waals surface area contributed by atoms with Crippen LogP contribution >= 0.6 is 68.0 Å². The average molecular weight is 599 g/mol. The SMILES string of the molecule is Cc1cc2sc(-c3cc4c(s3)-c3cc5c(cc3C4C)-c3sc(-c4cc6sc(C)cc6s4)cc3C5C)cc2s1. The molecule has 0 saturated heterocycles. The number of hydrogen-bond acceptors (Lipinski definition) is 6. The molecule has 6 aromatic heterocycles. The van der Waals surface area contributed by atoms with Crippen LogP contribution in [0.25, 0.3) is 59.2 Å². The van der Waals surface area contributed by atoms with Gasteiger partial charge in [0.15, 0.2) is 0 Å². The zero-order chi connectivity index (χ0) is 25.4. The van der Waals surface area contributed by atoms with Crippen molar-refractivity contribution in [2.24, 2.45) is 0 Å². The summed E-state index contributed by atoms with van der Waals surface area (Å²) >= 11 is 11.7. The van der Waals surface area contributed by atoms with Crippen LogP contribution in [0.5, 0.6) is 0 Å². The van der Waals surface area contributed by atoms with Crippen molar-refractivity contribution < 1.29 is 0 Å². The molecule has 0 spiro atoms. The Balaban J connectivity index is 1.12. The highest BCUT2D eigenvalue weighted by Gasteiger charge is 2.35. The summed E-state index contributed by atoms with van der Waals surface area (Å²) in [5.41, 5.74) is 9.03. The van der Waals surface area contributed by atoms with Gasteiger partial charge in [0.05, 0.1) is 0 Å². The third kappa shape index (κ3) is 3.05. The molecule has 7 aromatic rings. The Morgan fingerprint density at radius 3 is 1.24 bits per heavy atom. The van der Waals surface area contributed by atoms with E-state index in [-0.39, 0.29) is 0 Å². The largest absolute Gasteiger partial charge is 0.140 e. The summed E-state index contributed by atoms with van der Waals surface area (Å²) in [5, 5.41) is 0. The fourth-order valence-corrected chi connectivity index (χ4v) is 13.7. The van der Waals surface area contributed by atoms with Gasteiger partial charge in [-0.1, -0.05) is 13.8 Å². The molecule has 0 fully saturated rings. The lowest BCUT2D eigenvalue weighted by Crippen LogP contribution is -1.93.